The smallest absolute Gasteiger partial charge is 0.235 e. The molecular formula is C54H36N3+. The van der Waals surface area contributed by atoms with Crippen LogP contribution in [-0.2, 0) is 0 Å². The zero-order valence-electron chi connectivity index (χ0n) is 31.1. The second-order valence-corrected chi connectivity index (χ2v) is 15.0. The third kappa shape index (κ3) is 4.69. The molecule has 2 heterocycles. The summed E-state index contributed by atoms with van der Waals surface area (Å²) < 4.78 is 4.96. The van der Waals surface area contributed by atoms with E-state index in [-0.39, 0.29) is 6.04 Å². The molecule has 0 N–H and O–H groups in total. The van der Waals surface area contributed by atoms with E-state index in [1.807, 2.05) is 0 Å². The number of aromatic nitrogens is 1. The Hall–Kier alpha value is -7.49. The van der Waals surface area contributed by atoms with E-state index in [1.165, 1.54) is 77.7 Å². The predicted octanol–water partition coefficient (Wildman–Crippen LogP) is 13.7. The molecule has 3 nitrogen and oxygen atoms in total. The standard InChI is InChI=1S/C54H36N3/c1-3-18-36(19-4-1)55-49-31-15-16-32-50(49)56(37-20-5-2-6-21-37)53-35-46-44-28-17-33-51(57-47-29-13-11-25-41(47)42-26-12-14-30-48(42)57)54(44)43-27-10-9-23-39(43)38-22-7-8-24-40(38)45(46)34-52(53)55/h1-35,50H/q+1. The van der Waals surface area contributed by atoms with Gasteiger partial charge in [0.2, 0.25) is 17.1 Å². The number of allylic oxidation sites excluding steroid dienone is 2. The molecule has 0 saturated heterocycles. The molecular weight excluding hydrogens is 691 g/mol. The van der Waals surface area contributed by atoms with Gasteiger partial charge in [0.15, 0.2) is 0 Å². The highest BCUT2D eigenvalue weighted by Crippen LogP contribution is 2.54. The first-order valence-corrected chi connectivity index (χ1v) is 19.7. The van der Waals surface area contributed by atoms with E-state index < -0.39 is 0 Å². The molecule has 1 atom stereocenters. The van der Waals surface area contributed by atoms with Crippen LogP contribution in [0.5, 0.6) is 0 Å². The van der Waals surface area contributed by atoms with Crippen molar-refractivity contribution < 1.29 is 0 Å². The van der Waals surface area contributed by atoms with Gasteiger partial charge in [0, 0.05) is 46.3 Å². The summed E-state index contributed by atoms with van der Waals surface area (Å²) in [4.78, 5) is 2.53. The summed E-state index contributed by atoms with van der Waals surface area (Å²) in [7, 11) is 0. The quantitative estimate of drug-likeness (QED) is 0.165. The molecule has 0 spiro atoms. The normalized spacial score (nSPS) is 14.9. The van der Waals surface area contributed by atoms with Crippen molar-refractivity contribution in [2.24, 2.45) is 0 Å². The monoisotopic (exact) mass is 726 g/mol. The number of nitrogens with zero attached hydrogens (tertiary/aromatic N) is 3. The summed E-state index contributed by atoms with van der Waals surface area (Å²) in [6.07, 6.45) is 8.97. The molecule has 1 aromatic heterocycles. The molecule has 0 radical (unpaired) electrons. The zero-order chi connectivity index (χ0) is 37.5. The number of rotatable bonds is 3. The topological polar surface area (TPSA) is 11.2 Å². The zero-order valence-corrected chi connectivity index (χ0v) is 31.1. The number of anilines is 2. The Morgan fingerprint density at radius 1 is 0.421 bits per heavy atom. The maximum absolute atomic E-state index is 2.53. The Labute approximate surface area is 331 Å². The van der Waals surface area contributed by atoms with Gasteiger partial charge < -0.3 is 9.47 Å². The number of hydrogen-bond acceptors (Lipinski definition) is 1. The average Bonchev–Trinajstić information content (AvgIpc) is 3.62. The lowest BCUT2D eigenvalue weighted by Crippen LogP contribution is -2.44. The Balaban J connectivity index is 1.25. The Bertz CT molecular complexity index is 3130. The fourth-order valence-corrected chi connectivity index (χ4v) is 9.69. The van der Waals surface area contributed by atoms with Crippen molar-refractivity contribution >= 4 is 50.3 Å². The van der Waals surface area contributed by atoms with E-state index in [9.17, 15) is 0 Å². The van der Waals surface area contributed by atoms with Gasteiger partial charge in [-0.15, -0.1) is 0 Å². The summed E-state index contributed by atoms with van der Waals surface area (Å²) in [6.45, 7) is 0. The van der Waals surface area contributed by atoms with Crippen LogP contribution in [0.4, 0.5) is 22.7 Å². The molecule has 0 saturated carbocycles. The van der Waals surface area contributed by atoms with Crippen LogP contribution in [0, 0.1) is 0 Å². The second kappa shape index (κ2) is 12.5. The van der Waals surface area contributed by atoms with E-state index in [0.29, 0.717) is 0 Å². The SMILES string of the molecule is C1=CC2=[N+](c3ccccc3)c3cc4c(cc3N(c3ccccc3)C2C=C1)-c1cccc(-n2c3ccccc3c3ccccc32)c1-c1ccccc1-c1ccccc1-4. The molecule has 0 fully saturated rings. The fourth-order valence-electron chi connectivity index (χ4n) is 9.69. The highest BCUT2D eigenvalue weighted by Gasteiger charge is 2.41. The molecule has 266 valence electrons. The minimum atomic E-state index is -0.00636. The molecule has 1 unspecified atom stereocenters. The minimum absolute atomic E-state index is 0.00636. The number of benzene rings is 8. The van der Waals surface area contributed by atoms with Gasteiger partial charge in [0.1, 0.15) is 11.7 Å². The van der Waals surface area contributed by atoms with Crippen molar-refractivity contribution in [2.45, 2.75) is 6.04 Å². The van der Waals surface area contributed by atoms with Crippen LogP contribution >= 0.6 is 0 Å². The third-order valence-electron chi connectivity index (χ3n) is 12.0. The molecule has 8 aromatic carbocycles. The second-order valence-electron chi connectivity index (χ2n) is 15.0. The minimum Gasteiger partial charge on any atom is -0.319 e. The maximum atomic E-state index is 2.53. The largest absolute Gasteiger partial charge is 0.319 e. The molecule has 0 amide bonds. The van der Waals surface area contributed by atoms with Crippen LogP contribution in [-0.4, -0.2) is 16.3 Å². The Morgan fingerprint density at radius 2 is 0.982 bits per heavy atom. The highest BCUT2D eigenvalue weighted by atomic mass is 15.2. The van der Waals surface area contributed by atoms with Crippen molar-refractivity contribution in [3.63, 3.8) is 0 Å². The van der Waals surface area contributed by atoms with E-state index in [4.69, 9.17) is 0 Å². The molecule has 3 aliphatic rings. The lowest BCUT2D eigenvalue weighted by atomic mass is 9.79. The summed E-state index contributed by atoms with van der Waals surface area (Å²) in [5.41, 5.74) is 19.2. The summed E-state index contributed by atoms with van der Waals surface area (Å²) in [5, 5.41) is 2.51. The number of fused-ring (bicyclic) bond motifs is 13. The molecule has 2 aliphatic carbocycles. The Morgan fingerprint density at radius 3 is 1.70 bits per heavy atom. The number of hydrogen-bond donors (Lipinski definition) is 0. The third-order valence-corrected chi connectivity index (χ3v) is 12.0. The van der Waals surface area contributed by atoms with Gasteiger partial charge in [-0.1, -0.05) is 152 Å². The highest BCUT2D eigenvalue weighted by molar-refractivity contribution is 6.15. The van der Waals surface area contributed by atoms with Crippen LogP contribution in [0.15, 0.2) is 212 Å². The van der Waals surface area contributed by atoms with Crippen LogP contribution in [0.25, 0.3) is 72.0 Å². The van der Waals surface area contributed by atoms with Crippen LogP contribution in [0.1, 0.15) is 0 Å². The van der Waals surface area contributed by atoms with Crippen molar-refractivity contribution in [3.05, 3.63) is 212 Å². The summed E-state index contributed by atoms with van der Waals surface area (Å²) >= 11 is 0. The molecule has 57 heavy (non-hydrogen) atoms. The number of para-hydroxylation sites is 4. The van der Waals surface area contributed by atoms with E-state index >= 15 is 0 Å². The molecule has 3 heteroatoms. The molecule has 12 rings (SSSR count). The lowest BCUT2D eigenvalue weighted by Gasteiger charge is -2.37. The molecule has 0 bridgehead atoms. The molecule has 1 aliphatic heterocycles. The summed E-state index contributed by atoms with van der Waals surface area (Å²) in [5.74, 6) is 0. The maximum Gasteiger partial charge on any atom is 0.235 e. The van der Waals surface area contributed by atoms with E-state index in [0.717, 1.165) is 22.7 Å². The van der Waals surface area contributed by atoms with Crippen molar-refractivity contribution in [1.82, 2.24) is 9.14 Å². The van der Waals surface area contributed by atoms with Crippen molar-refractivity contribution in [3.8, 4) is 50.2 Å². The van der Waals surface area contributed by atoms with Crippen molar-refractivity contribution in [2.75, 3.05) is 4.90 Å². The Kier molecular flexibility index (Phi) is 6.99. The predicted molar refractivity (Wildman–Crippen MR) is 240 cm³/mol. The summed E-state index contributed by atoms with van der Waals surface area (Å²) in [6, 6.07) is 69.2. The van der Waals surface area contributed by atoms with E-state index in [1.54, 1.807) is 0 Å². The fraction of sp³-hybridized carbons (Fsp3) is 0.0185. The van der Waals surface area contributed by atoms with Gasteiger partial charge in [-0.05, 0) is 75.3 Å². The van der Waals surface area contributed by atoms with Gasteiger partial charge in [0.05, 0.1) is 16.7 Å². The van der Waals surface area contributed by atoms with Gasteiger partial charge in [0.25, 0.3) is 0 Å². The van der Waals surface area contributed by atoms with Crippen LogP contribution in [0.2, 0.25) is 0 Å². The molecule has 9 aromatic rings. The van der Waals surface area contributed by atoms with Gasteiger partial charge in [-0.3, -0.25) is 0 Å². The first-order chi connectivity index (χ1) is 28.3. The van der Waals surface area contributed by atoms with Crippen molar-refractivity contribution in [1.29, 1.82) is 0 Å². The first kappa shape index (κ1) is 31.8. The van der Waals surface area contributed by atoms with Crippen LogP contribution in [0.3, 0.4) is 0 Å². The van der Waals surface area contributed by atoms with Crippen LogP contribution < -0.4 is 9.48 Å². The van der Waals surface area contributed by atoms with Gasteiger partial charge >= 0.3 is 0 Å². The average molecular weight is 727 g/mol. The van der Waals surface area contributed by atoms with E-state index in [2.05, 4.69) is 226 Å². The van der Waals surface area contributed by atoms with Gasteiger partial charge in [-0.2, -0.15) is 4.58 Å². The lowest BCUT2D eigenvalue weighted by molar-refractivity contribution is 0.897. The van der Waals surface area contributed by atoms with Gasteiger partial charge in [-0.25, -0.2) is 0 Å². The first-order valence-electron chi connectivity index (χ1n) is 19.7.